The second-order valence-electron chi connectivity index (χ2n) is 6.56. The lowest BCUT2D eigenvalue weighted by molar-refractivity contribution is 0.172. The summed E-state index contributed by atoms with van der Waals surface area (Å²) in [5.41, 5.74) is 2.94. The van der Waals surface area contributed by atoms with Crippen molar-refractivity contribution in [2.24, 2.45) is 5.92 Å². The molecule has 23 heavy (non-hydrogen) atoms. The zero-order valence-electron chi connectivity index (χ0n) is 13.5. The van der Waals surface area contributed by atoms with Crippen LogP contribution < -0.4 is 5.32 Å². The first-order chi connectivity index (χ1) is 11.2. The first kappa shape index (κ1) is 14.6. The summed E-state index contributed by atoms with van der Waals surface area (Å²) in [5, 5.41) is 14.8. The maximum Gasteiger partial charge on any atom is 0.138 e. The molecule has 0 amide bonds. The fourth-order valence-electron chi connectivity index (χ4n) is 3.76. The number of piperidine rings is 1. The summed E-state index contributed by atoms with van der Waals surface area (Å²) >= 11 is 0. The van der Waals surface area contributed by atoms with Crippen LogP contribution in [0.5, 0.6) is 0 Å². The van der Waals surface area contributed by atoms with E-state index in [4.69, 9.17) is 4.98 Å². The lowest BCUT2D eigenvalue weighted by Gasteiger charge is -2.32. The van der Waals surface area contributed by atoms with Crippen LogP contribution in [-0.4, -0.2) is 32.7 Å². The van der Waals surface area contributed by atoms with Crippen molar-refractivity contribution in [1.29, 1.82) is 0 Å². The van der Waals surface area contributed by atoms with E-state index in [9.17, 15) is 5.11 Å². The second kappa shape index (κ2) is 5.58. The number of rotatable bonds is 2. The number of para-hydroxylation sites is 1. The van der Waals surface area contributed by atoms with Crippen molar-refractivity contribution in [1.82, 2.24) is 19.9 Å². The minimum Gasteiger partial charge on any atom is -0.385 e. The minimum atomic E-state index is -0.594. The van der Waals surface area contributed by atoms with Gasteiger partial charge in [0.2, 0.25) is 0 Å². The Morgan fingerprint density at radius 2 is 2.13 bits per heavy atom. The van der Waals surface area contributed by atoms with Gasteiger partial charge in [-0.3, -0.25) is 4.98 Å². The largest absolute Gasteiger partial charge is 0.385 e. The fourth-order valence-corrected chi connectivity index (χ4v) is 3.76. The molecule has 2 aromatic heterocycles. The smallest absolute Gasteiger partial charge is 0.138 e. The lowest BCUT2D eigenvalue weighted by Crippen LogP contribution is -2.37. The molecule has 1 fully saturated rings. The van der Waals surface area contributed by atoms with Gasteiger partial charge in [-0.1, -0.05) is 25.1 Å². The summed E-state index contributed by atoms with van der Waals surface area (Å²) in [6.07, 6.45) is 2.28. The monoisotopic (exact) mass is 310 g/mol. The Balaban J connectivity index is 2.05. The van der Waals surface area contributed by atoms with Crippen LogP contribution in [0.3, 0.4) is 0 Å². The Hall–Kier alpha value is -1.98. The van der Waals surface area contributed by atoms with Crippen LogP contribution >= 0.6 is 0 Å². The van der Waals surface area contributed by atoms with Gasteiger partial charge in [0.15, 0.2) is 0 Å². The predicted molar refractivity (Wildman–Crippen MR) is 91.4 cm³/mol. The number of aliphatic hydroxyl groups is 1. The normalized spacial score (nSPS) is 23.4. The van der Waals surface area contributed by atoms with E-state index in [-0.39, 0.29) is 0 Å². The number of hydrogen-bond acceptors (Lipinski definition) is 4. The van der Waals surface area contributed by atoms with Gasteiger partial charge in [0.1, 0.15) is 17.4 Å². The van der Waals surface area contributed by atoms with Crippen LogP contribution in [0, 0.1) is 5.92 Å². The third-order valence-electron chi connectivity index (χ3n) is 4.90. The molecule has 1 saturated heterocycles. The summed E-state index contributed by atoms with van der Waals surface area (Å²) in [6.45, 7) is 6.04. The second-order valence-corrected chi connectivity index (χ2v) is 6.56. The molecule has 0 spiro atoms. The molecule has 1 aliphatic heterocycles. The zero-order valence-corrected chi connectivity index (χ0v) is 13.5. The molecule has 2 N–H and O–H groups in total. The summed E-state index contributed by atoms with van der Waals surface area (Å²) in [4.78, 5) is 9.22. The van der Waals surface area contributed by atoms with Crippen molar-refractivity contribution in [2.45, 2.75) is 32.4 Å². The molecule has 0 saturated carbocycles. The highest BCUT2D eigenvalue weighted by atomic mass is 16.3. The van der Waals surface area contributed by atoms with E-state index in [1.165, 1.54) is 0 Å². The maximum absolute atomic E-state index is 10.3. The molecule has 4 rings (SSSR count). The molecule has 3 atom stereocenters. The Morgan fingerprint density at radius 3 is 2.91 bits per heavy atom. The third kappa shape index (κ3) is 2.31. The maximum atomic E-state index is 10.3. The highest BCUT2D eigenvalue weighted by Crippen LogP contribution is 2.35. The molecule has 1 aromatic carbocycles. The van der Waals surface area contributed by atoms with Gasteiger partial charge in [-0.15, -0.1) is 0 Å². The zero-order chi connectivity index (χ0) is 16.0. The van der Waals surface area contributed by atoms with E-state index in [0.29, 0.717) is 12.0 Å². The third-order valence-corrected chi connectivity index (χ3v) is 4.90. The molecule has 0 aliphatic carbocycles. The van der Waals surface area contributed by atoms with Crippen molar-refractivity contribution in [2.75, 3.05) is 13.1 Å². The van der Waals surface area contributed by atoms with Crippen LogP contribution in [0.1, 0.15) is 38.2 Å². The highest BCUT2D eigenvalue weighted by Gasteiger charge is 2.28. The number of fused-ring (bicyclic) bond motifs is 3. The number of aromatic nitrogens is 3. The number of benzene rings is 1. The molecular formula is C18H22N4O. The molecule has 3 heterocycles. The Morgan fingerprint density at radius 1 is 1.30 bits per heavy atom. The molecule has 5 heteroatoms. The molecule has 3 aromatic rings. The Labute approximate surface area is 135 Å². The van der Waals surface area contributed by atoms with E-state index in [1.807, 2.05) is 24.4 Å². The van der Waals surface area contributed by atoms with Gasteiger partial charge in [-0.25, -0.2) is 4.98 Å². The van der Waals surface area contributed by atoms with E-state index < -0.39 is 6.10 Å². The molecule has 0 radical (unpaired) electrons. The van der Waals surface area contributed by atoms with Crippen molar-refractivity contribution in [3.63, 3.8) is 0 Å². The number of imidazole rings is 1. The summed E-state index contributed by atoms with van der Waals surface area (Å²) < 4.78 is 2.27. The molecule has 0 bridgehead atoms. The van der Waals surface area contributed by atoms with Crippen LogP contribution in [0.15, 0.2) is 30.5 Å². The molecule has 120 valence electrons. The van der Waals surface area contributed by atoms with Crippen LogP contribution in [0.25, 0.3) is 21.9 Å². The predicted octanol–water partition coefficient (Wildman–Crippen LogP) is 2.81. The van der Waals surface area contributed by atoms with Crippen LogP contribution in [-0.2, 0) is 0 Å². The number of aliphatic hydroxyl groups excluding tert-OH is 1. The highest BCUT2D eigenvalue weighted by molar-refractivity contribution is 6.02. The van der Waals surface area contributed by atoms with Gasteiger partial charge in [0.05, 0.1) is 17.2 Å². The van der Waals surface area contributed by atoms with Crippen LogP contribution in [0.2, 0.25) is 0 Å². The van der Waals surface area contributed by atoms with Crippen molar-refractivity contribution in [3.8, 4) is 0 Å². The topological polar surface area (TPSA) is 63.0 Å². The number of nitrogens with one attached hydrogen (secondary N) is 1. The van der Waals surface area contributed by atoms with Gasteiger partial charge in [-0.2, -0.15) is 0 Å². The Bertz CT molecular complexity index is 855. The van der Waals surface area contributed by atoms with Gasteiger partial charge < -0.3 is 15.0 Å². The van der Waals surface area contributed by atoms with E-state index in [0.717, 1.165) is 47.3 Å². The average molecular weight is 310 g/mol. The van der Waals surface area contributed by atoms with Crippen molar-refractivity contribution < 1.29 is 5.11 Å². The number of hydrogen-bond donors (Lipinski definition) is 2. The lowest BCUT2D eigenvalue weighted by atomic mass is 9.94. The summed E-state index contributed by atoms with van der Waals surface area (Å²) in [5.74, 6) is 1.24. The minimum absolute atomic E-state index is 0.344. The van der Waals surface area contributed by atoms with Gasteiger partial charge in [-0.05, 0) is 38.4 Å². The number of pyridine rings is 1. The van der Waals surface area contributed by atoms with E-state index in [2.05, 4.69) is 27.9 Å². The van der Waals surface area contributed by atoms with Crippen molar-refractivity contribution in [3.05, 3.63) is 36.3 Å². The standard InChI is InChI=1S/C18H22N4O/c1-11-9-19-8-7-16(11)22-17-13-5-3-4-6-14(13)20-10-15(17)21-18(22)12(2)23/h3-6,10-12,16,19,23H,7-9H2,1-2H3. The van der Waals surface area contributed by atoms with Gasteiger partial charge in [0, 0.05) is 11.4 Å². The summed E-state index contributed by atoms with van der Waals surface area (Å²) in [7, 11) is 0. The molecule has 1 aliphatic rings. The first-order valence-corrected chi connectivity index (χ1v) is 8.31. The number of nitrogens with zero attached hydrogens (tertiary/aromatic N) is 3. The van der Waals surface area contributed by atoms with E-state index >= 15 is 0 Å². The molecular weight excluding hydrogens is 288 g/mol. The first-order valence-electron chi connectivity index (χ1n) is 8.31. The summed E-state index contributed by atoms with van der Waals surface area (Å²) in [6, 6.07) is 8.51. The SMILES string of the molecule is CC(O)c1nc2cnc3ccccc3c2n1C1CCNCC1C. The van der Waals surface area contributed by atoms with Gasteiger partial charge in [0.25, 0.3) is 0 Å². The van der Waals surface area contributed by atoms with E-state index in [1.54, 1.807) is 6.92 Å². The Kier molecular flexibility index (Phi) is 3.54. The molecule has 5 nitrogen and oxygen atoms in total. The average Bonchev–Trinajstić information content (AvgIpc) is 2.95. The van der Waals surface area contributed by atoms with Gasteiger partial charge >= 0.3 is 0 Å². The van der Waals surface area contributed by atoms with Crippen molar-refractivity contribution >= 4 is 21.9 Å². The quantitative estimate of drug-likeness (QED) is 0.764. The van der Waals surface area contributed by atoms with Crippen LogP contribution in [0.4, 0.5) is 0 Å². The fraction of sp³-hybridized carbons (Fsp3) is 0.444. The molecule has 3 unspecified atom stereocenters.